The van der Waals surface area contributed by atoms with Crippen LogP contribution < -0.4 is 20.4 Å². The second-order valence-electron chi connectivity index (χ2n) is 16.7. The molecule has 0 bridgehead atoms. The number of sulfone groups is 1. The lowest BCUT2D eigenvalue weighted by atomic mass is 9.88. The molecule has 5 atom stereocenters. The van der Waals surface area contributed by atoms with Gasteiger partial charge in [-0.05, 0) is 85.9 Å². The van der Waals surface area contributed by atoms with Gasteiger partial charge in [-0.3, -0.25) is 29.4 Å². The second kappa shape index (κ2) is 15.2. The highest BCUT2D eigenvalue weighted by Crippen LogP contribution is 2.40. The Bertz CT molecular complexity index is 2500. The van der Waals surface area contributed by atoms with Crippen LogP contribution in [-0.2, 0) is 25.8 Å². The minimum Gasteiger partial charge on any atom is -0.390 e. The Labute approximate surface area is 341 Å². The van der Waals surface area contributed by atoms with Crippen LogP contribution in [0.25, 0.3) is 10.8 Å². The van der Waals surface area contributed by atoms with E-state index in [1.165, 1.54) is 19.1 Å². The van der Waals surface area contributed by atoms with Crippen LogP contribution in [-0.4, -0.2) is 112 Å². The normalized spacial score (nSPS) is 24.8. The molecule has 3 N–H and O–H groups in total. The molecule has 3 saturated heterocycles. The second-order valence-corrected chi connectivity index (χ2v) is 18.9. The molecular weight excluding hydrogens is 780 g/mol. The molecule has 3 fully saturated rings. The van der Waals surface area contributed by atoms with Crippen LogP contribution in [0, 0.1) is 5.92 Å². The molecule has 2 aromatic carbocycles. The predicted molar refractivity (Wildman–Crippen MR) is 219 cm³/mol. The Morgan fingerprint density at radius 2 is 1.78 bits per heavy atom. The topological polar surface area (TPSA) is 195 Å². The number of alkyl halides is 1. The number of aliphatic hydroxyl groups excluding tert-OH is 1. The lowest BCUT2D eigenvalue weighted by molar-refractivity contribution is -0.136. The van der Waals surface area contributed by atoms with Crippen molar-refractivity contribution in [2.75, 3.05) is 46.3 Å². The van der Waals surface area contributed by atoms with E-state index in [4.69, 9.17) is 4.98 Å². The van der Waals surface area contributed by atoms with E-state index in [0.717, 1.165) is 26.9 Å². The zero-order valence-electron chi connectivity index (χ0n) is 33.3. The van der Waals surface area contributed by atoms with Crippen LogP contribution in [0.3, 0.4) is 0 Å². The third-order valence-electron chi connectivity index (χ3n) is 12.2. The van der Waals surface area contributed by atoms with Gasteiger partial charge in [0.25, 0.3) is 11.8 Å². The number of piperidine rings is 2. The lowest BCUT2D eigenvalue weighted by Crippen LogP contribution is -2.57. The SMILES string of the molecule is CC(C)c1ccc(N2C[C@H](CS(=O)(=O)CCc3ccc4c(c3)C(=O)N(C3CCC(=O)NC3=O)C4=O)[C@H]2C)c2cnc(Nc3ccnc(N4CC[C@@H](O)[C@@](C)(F)C4)n3)cc12. The maximum absolute atomic E-state index is 14.9. The van der Waals surface area contributed by atoms with Crippen LogP contribution in [0.15, 0.2) is 54.9 Å². The number of benzene rings is 2. The van der Waals surface area contributed by atoms with Crippen LogP contribution in [0.2, 0.25) is 0 Å². The van der Waals surface area contributed by atoms with E-state index < -0.39 is 51.3 Å². The van der Waals surface area contributed by atoms with E-state index in [-0.39, 0.29) is 72.7 Å². The number of carbonyl (C=O) groups excluding carboxylic acids is 4. The predicted octanol–water partition coefficient (Wildman–Crippen LogP) is 4.07. The number of hydrogen-bond acceptors (Lipinski definition) is 13. The van der Waals surface area contributed by atoms with Gasteiger partial charge in [-0.1, -0.05) is 26.0 Å². The molecule has 4 aromatic rings. The van der Waals surface area contributed by atoms with Gasteiger partial charge in [0.2, 0.25) is 17.8 Å². The molecule has 0 saturated carbocycles. The molecule has 4 aliphatic heterocycles. The number of rotatable bonds is 11. The fourth-order valence-corrected chi connectivity index (χ4v) is 10.4. The monoisotopic (exact) mass is 826 g/mol. The fraction of sp³-hybridized carbons (Fsp3) is 0.452. The Hall–Kier alpha value is -5.55. The number of carbonyl (C=O) groups is 4. The highest BCUT2D eigenvalue weighted by molar-refractivity contribution is 7.91. The van der Waals surface area contributed by atoms with Gasteiger partial charge in [-0.25, -0.2) is 22.8 Å². The van der Waals surface area contributed by atoms with E-state index >= 15 is 0 Å². The molecule has 1 unspecified atom stereocenters. The Kier molecular flexibility index (Phi) is 10.4. The molecule has 4 aliphatic rings. The van der Waals surface area contributed by atoms with Crippen molar-refractivity contribution in [2.24, 2.45) is 5.92 Å². The number of aromatic nitrogens is 3. The molecule has 310 valence electrons. The highest BCUT2D eigenvalue weighted by atomic mass is 32.2. The third-order valence-corrected chi connectivity index (χ3v) is 13.9. The highest BCUT2D eigenvalue weighted by Gasteiger charge is 2.45. The molecule has 6 heterocycles. The first kappa shape index (κ1) is 40.2. The summed E-state index contributed by atoms with van der Waals surface area (Å²) in [6.45, 7) is 8.59. The van der Waals surface area contributed by atoms with Gasteiger partial charge in [0.15, 0.2) is 15.5 Å². The first-order valence-electron chi connectivity index (χ1n) is 20.0. The van der Waals surface area contributed by atoms with Crippen molar-refractivity contribution in [1.29, 1.82) is 0 Å². The average Bonchev–Trinajstić information content (AvgIpc) is 3.44. The number of aryl methyl sites for hydroxylation is 1. The summed E-state index contributed by atoms with van der Waals surface area (Å²) in [5, 5.41) is 17.5. The van der Waals surface area contributed by atoms with E-state index in [2.05, 4.69) is 51.5 Å². The van der Waals surface area contributed by atoms with Gasteiger partial charge in [-0.15, -0.1) is 0 Å². The number of fused-ring (bicyclic) bond motifs is 2. The summed E-state index contributed by atoms with van der Waals surface area (Å²) in [5.41, 5.74) is 1.17. The molecule has 0 spiro atoms. The van der Waals surface area contributed by atoms with E-state index in [9.17, 15) is 37.1 Å². The molecule has 2 aromatic heterocycles. The summed E-state index contributed by atoms with van der Waals surface area (Å²) in [6.07, 6.45) is 2.88. The van der Waals surface area contributed by atoms with Gasteiger partial charge >= 0.3 is 0 Å². The number of pyridine rings is 1. The summed E-state index contributed by atoms with van der Waals surface area (Å²) in [7, 11) is -3.51. The van der Waals surface area contributed by atoms with Crippen molar-refractivity contribution >= 4 is 67.5 Å². The summed E-state index contributed by atoms with van der Waals surface area (Å²) < 4.78 is 41.8. The van der Waals surface area contributed by atoms with E-state index in [1.54, 1.807) is 23.2 Å². The zero-order chi connectivity index (χ0) is 42.0. The van der Waals surface area contributed by atoms with Gasteiger partial charge < -0.3 is 20.2 Å². The van der Waals surface area contributed by atoms with Crippen molar-refractivity contribution in [3.05, 3.63) is 77.1 Å². The van der Waals surface area contributed by atoms with E-state index in [0.29, 0.717) is 36.2 Å². The minimum absolute atomic E-state index is 0.00581. The maximum atomic E-state index is 14.9. The molecule has 4 amide bonds. The molecular formula is C42H47FN8O7S. The van der Waals surface area contributed by atoms with Gasteiger partial charge in [-0.2, -0.15) is 4.98 Å². The molecule has 17 heteroatoms. The van der Waals surface area contributed by atoms with Crippen LogP contribution in [0.1, 0.15) is 84.7 Å². The fourth-order valence-electron chi connectivity index (χ4n) is 8.63. The van der Waals surface area contributed by atoms with Crippen molar-refractivity contribution < 1.29 is 37.1 Å². The number of nitrogens with zero attached hydrogens (tertiary/aromatic N) is 6. The van der Waals surface area contributed by atoms with E-state index in [1.807, 2.05) is 19.2 Å². The van der Waals surface area contributed by atoms with Gasteiger partial charge in [0, 0.05) is 54.9 Å². The number of anilines is 4. The quantitative estimate of drug-likeness (QED) is 0.183. The maximum Gasteiger partial charge on any atom is 0.262 e. The number of imide groups is 2. The van der Waals surface area contributed by atoms with Crippen molar-refractivity contribution in [2.45, 2.75) is 83.2 Å². The van der Waals surface area contributed by atoms with Crippen LogP contribution >= 0.6 is 0 Å². The zero-order valence-corrected chi connectivity index (χ0v) is 34.1. The molecule has 8 rings (SSSR count). The Balaban J connectivity index is 0.921. The summed E-state index contributed by atoms with van der Waals surface area (Å²) in [5.74, 6) is -1.01. The Morgan fingerprint density at radius 1 is 1.00 bits per heavy atom. The van der Waals surface area contributed by atoms with Gasteiger partial charge in [0.1, 0.15) is 17.7 Å². The largest absolute Gasteiger partial charge is 0.390 e. The number of hydrogen-bond donors (Lipinski definition) is 3. The summed E-state index contributed by atoms with van der Waals surface area (Å²) in [4.78, 5) is 68.9. The molecule has 15 nitrogen and oxygen atoms in total. The number of aliphatic hydroxyl groups is 1. The molecule has 0 radical (unpaired) electrons. The summed E-state index contributed by atoms with van der Waals surface area (Å²) in [6, 6.07) is 11.4. The van der Waals surface area contributed by atoms with Crippen LogP contribution in [0.4, 0.5) is 27.7 Å². The van der Waals surface area contributed by atoms with Crippen molar-refractivity contribution in [3.63, 3.8) is 0 Å². The van der Waals surface area contributed by atoms with Crippen LogP contribution in [0.5, 0.6) is 0 Å². The van der Waals surface area contributed by atoms with Gasteiger partial charge in [0.05, 0.1) is 35.3 Å². The summed E-state index contributed by atoms with van der Waals surface area (Å²) >= 11 is 0. The standard InChI is InChI=1S/C42H47FN8O7S/c1-23(2)27-7-8-32(31-19-45-36(18-29(27)31)46-35-11-14-44-41(47-35)49-15-12-34(52)42(4,43)22-49)50-20-26(24(50)3)21-59(57,58)16-13-25-5-6-28-30(17-25)40(56)51(39(28)55)33-9-10-37(53)48-38(33)54/h5-8,11,14,17-19,23-24,26,33-34,52H,9-10,12-13,15-16,20-22H2,1-4H3,(H,48,53,54)(H,44,45,46,47)/t24-,26-,33?,34-,42+/m1/s1. The lowest BCUT2D eigenvalue weighted by Gasteiger charge is -2.48. The first-order valence-corrected chi connectivity index (χ1v) is 21.8. The average molecular weight is 827 g/mol. The minimum atomic E-state index is -3.51. The smallest absolute Gasteiger partial charge is 0.262 e. The Morgan fingerprint density at radius 3 is 2.51 bits per heavy atom. The molecule has 0 aliphatic carbocycles. The van der Waals surface area contributed by atoms with Crippen molar-refractivity contribution in [3.8, 4) is 0 Å². The third kappa shape index (κ3) is 7.73. The number of amides is 4. The first-order chi connectivity index (χ1) is 28.0. The van der Waals surface area contributed by atoms with Crippen molar-refractivity contribution in [1.82, 2.24) is 25.2 Å². The molecule has 59 heavy (non-hydrogen) atoms. The number of nitrogens with one attached hydrogen (secondary N) is 2. The number of halogens is 1.